The third-order valence-electron chi connectivity index (χ3n) is 1.85. The van der Waals surface area contributed by atoms with Crippen molar-refractivity contribution in [3.8, 4) is 0 Å². The molecule has 0 aromatic heterocycles. The Balaban J connectivity index is 0. The molecule has 0 amide bonds. The zero-order valence-corrected chi connectivity index (χ0v) is 10.1. The molecule has 0 fully saturated rings. The zero-order valence-electron chi connectivity index (χ0n) is 10.1. The summed E-state index contributed by atoms with van der Waals surface area (Å²) in [6.07, 6.45) is 5.06. The van der Waals surface area contributed by atoms with Gasteiger partial charge in [-0.05, 0) is 39.5 Å². The Morgan fingerprint density at radius 3 is 2.14 bits per heavy atom. The molecule has 1 atom stereocenters. The molecule has 0 radical (unpaired) electrons. The van der Waals surface area contributed by atoms with Crippen LogP contribution in [-0.2, 0) is 0 Å². The van der Waals surface area contributed by atoms with E-state index < -0.39 is 5.60 Å². The molecule has 86 valence electrons. The minimum absolute atomic E-state index is 0.250. The van der Waals surface area contributed by atoms with E-state index in [1.54, 1.807) is 6.92 Å². The normalized spacial score (nSPS) is 12.7. The molecular formula is C12H26O2. The summed E-state index contributed by atoms with van der Waals surface area (Å²) >= 11 is 0. The van der Waals surface area contributed by atoms with Gasteiger partial charge in [-0.3, -0.25) is 0 Å². The minimum atomic E-state index is -0.499. The Bertz CT molecular complexity index is 125. The number of aliphatic hydroxyl groups excluding tert-OH is 1. The van der Waals surface area contributed by atoms with E-state index in [2.05, 4.69) is 13.5 Å². The maximum absolute atomic E-state index is 9.38. The Morgan fingerprint density at radius 2 is 1.86 bits per heavy atom. The van der Waals surface area contributed by atoms with Gasteiger partial charge in [0, 0.05) is 6.61 Å². The van der Waals surface area contributed by atoms with Crippen LogP contribution in [-0.4, -0.2) is 22.4 Å². The summed E-state index contributed by atoms with van der Waals surface area (Å²) in [5.74, 6) is 0.581. The predicted molar refractivity (Wildman–Crippen MR) is 62.3 cm³/mol. The standard InChI is InChI=1S/C10H20O.C2H6O/c1-5-9(2)7-6-8-10(3,4)11;1-2-3/h5,9,11H,1,6-8H2,2-4H3;3H,2H2,1H3. The zero-order chi connectivity index (χ0) is 11.6. The van der Waals surface area contributed by atoms with E-state index in [0.717, 1.165) is 19.3 Å². The highest BCUT2D eigenvalue weighted by atomic mass is 16.3. The van der Waals surface area contributed by atoms with Crippen LogP contribution in [0.5, 0.6) is 0 Å². The molecule has 0 rings (SSSR count). The lowest BCUT2D eigenvalue weighted by Crippen LogP contribution is -2.18. The molecule has 1 unspecified atom stereocenters. The Hall–Kier alpha value is -0.340. The topological polar surface area (TPSA) is 40.5 Å². The highest BCUT2D eigenvalue weighted by molar-refractivity contribution is 4.75. The number of aliphatic hydroxyl groups is 2. The van der Waals surface area contributed by atoms with Gasteiger partial charge >= 0.3 is 0 Å². The van der Waals surface area contributed by atoms with Gasteiger partial charge in [0.05, 0.1) is 5.60 Å². The number of hydrogen-bond donors (Lipinski definition) is 2. The molecular weight excluding hydrogens is 176 g/mol. The maximum atomic E-state index is 9.38. The minimum Gasteiger partial charge on any atom is -0.397 e. The van der Waals surface area contributed by atoms with Crippen LogP contribution in [0.3, 0.4) is 0 Å². The van der Waals surface area contributed by atoms with Crippen LogP contribution in [0.15, 0.2) is 12.7 Å². The highest BCUT2D eigenvalue weighted by Crippen LogP contribution is 2.15. The summed E-state index contributed by atoms with van der Waals surface area (Å²) < 4.78 is 0. The second-order valence-electron chi connectivity index (χ2n) is 4.23. The van der Waals surface area contributed by atoms with Crippen LogP contribution in [0.2, 0.25) is 0 Å². The monoisotopic (exact) mass is 202 g/mol. The summed E-state index contributed by atoms with van der Waals surface area (Å²) in [7, 11) is 0. The van der Waals surface area contributed by atoms with Gasteiger partial charge in [0.2, 0.25) is 0 Å². The molecule has 0 heterocycles. The van der Waals surface area contributed by atoms with Gasteiger partial charge in [-0.25, -0.2) is 0 Å². The van der Waals surface area contributed by atoms with Gasteiger partial charge in [0.1, 0.15) is 0 Å². The molecule has 2 N–H and O–H groups in total. The smallest absolute Gasteiger partial charge is 0.0591 e. The summed E-state index contributed by atoms with van der Waals surface area (Å²) in [6, 6.07) is 0. The largest absolute Gasteiger partial charge is 0.397 e. The van der Waals surface area contributed by atoms with E-state index in [1.807, 2.05) is 19.9 Å². The second kappa shape index (κ2) is 9.22. The van der Waals surface area contributed by atoms with Crippen LogP contribution >= 0.6 is 0 Å². The SMILES string of the molecule is C=CC(C)CCCC(C)(C)O.CCO. The van der Waals surface area contributed by atoms with E-state index in [9.17, 15) is 5.11 Å². The first kappa shape index (κ1) is 16.1. The van der Waals surface area contributed by atoms with E-state index in [0.29, 0.717) is 5.92 Å². The molecule has 0 aliphatic rings. The molecule has 2 nitrogen and oxygen atoms in total. The maximum Gasteiger partial charge on any atom is 0.0591 e. The third-order valence-corrected chi connectivity index (χ3v) is 1.85. The van der Waals surface area contributed by atoms with Crippen molar-refractivity contribution >= 4 is 0 Å². The van der Waals surface area contributed by atoms with E-state index in [1.165, 1.54) is 0 Å². The average molecular weight is 202 g/mol. The number of hydrogen-bond acceptors (Lipinski definition) is 2. The lowest BCUT2D eigenvalue weighted by molar-refractivity contribution is 0.0675. The van der Waals surface area contributed by atoms with Crippen molar-refractivity contribution in [1.82, 2.24) is 0 Å². The third kappa shape index (κ3) is 17.7. The van der Waals surface area contributed by atoms with Gasteiger partial charge in [0.15, 0.2) is 0 Å². The van der Waals surface area contributed by atoms with Crippen molar-refractivity contribution in [1.29, 1.82) is 0 Å². The lowest BCUT2D eigenvalue weighted by atomic mass is 9.97. The van der Waals surface area contributed by atoms with Crippen LogP contribution in [0.1, 0.15) is 47.0 Å². The molecule has 0 saturated carbocycles. The van der Waals surface area contributed by atoms with Crippen LogP contribution in [0.4, 0.5) is 0 Å². The van der Waals surface area contributed by atoms with Gasteiger partial charge in [0.25, 0.3) is 0 Å². The Morgan fingerprint density at radius 1 is 1.43 bits per heavy atom. The summed E-state index contributed by atoms with van der Waals surface area (Å²) in [4.78, 5) is 0. The highest BCUT2D eigenvalue weighted by Gasteiger charge is 2.11. The van der Waals surface area contributed by atoms with Crippen LogP contribution in [0, 0.1) is 5.92 Å². The summed E-state index contributed by atoms with van der Waals surface area (Å²) in [6.45, 7) is 11.5. The van der Waals surface area contributed by atoms with E-state index in [4.69, 9.17) is 5.11 Å². The predicted octanol–water partition coefficient (Wildman–Crippen LogP) is 2.75. The first-order valence-electron chi connectivity index (χ1n) is 5.33. The van der Waals surface area contributed by atoms with Crippen LogP contribution in [0.25, 0.3) is 0 Å². The van der Waals surface area contributed by atoms with Crippen molar-refractivity contribution in [3.05, 3.63) is 12.7 Å². The van der Waals surface area contributed by atoms with Crippen molar-refractivity contribution < 1.29 is 10.2 Å². The van der Waals surface area contributed by atoms with Crippen molar-refractivity contribution in [2.75, 3.05) is 6.61 Å². The molecule has 0 aliphatic carbocycles. The molecule has 0 aliphatic heterocycles. The fourth-order valence-corrected chi connectivity index (χ4v) is 0.974. The van der Waals surface area contributed by atoms with Crippen LogP contribution < -0.4 is 0 Å². The van der Waals surface area contributed by atoms with Gasteiger partial charge in [-0.2, -0.15) is 0 Å². The van der Waals surface area contributed by atoms with Crippen molar-refractivity contribution in [2.24, 2.45) is 5.92 Å². The Kier molecular flexibility index (Phi) is 10.6. The van der Waals surface area contributed by atoms with Gasteiger partial charge in [-0.1, -0.05) is 19.4 Å². The van der Waals surface area contributed by atoms with Gasteiger partial charge < -0.3 is 10.2 Å². The molecule has 0 aromatic carbocycles. The fraction of sp³-hybridized carbons (Fsp3) is 0.833. The van der Waals surface area contributed by atoms with Crippen molar-refractivity contribution in [3.63, 3.8) is 0 Å². The lowest BCUT2D eigenvalue weighted by Gasteiger charge is -2.17. The number of allylic oxidation sites excluding steroid dienone is 1. The molecule has 0 spiro atoms. The first-order chi connectivity index (χ1) is 6.37. The number of rotatable bonds is 5. The molecule has 14 heavy (non-hydrogen) atoms. The quantitative estimate of drug-likeness (QED) is 0.673. The summed E-state index contributed by atoms with van der Waals surface area (Å²) in [5.41, 5.74) is -0.499. The molecule has 0 bridgehead atoms. The van der Waals surface area contributed by atoms with Crippen molar-refractivity contribution in [2.45, 2.75) is 52.6 Å². The fourth-order valence-electron chi connectivity index (χ4n) is 0.974. The van der Waals surface area contributed by atoms with E-state index >= 15 is 0 Å². The second-order valence-corrected chi connectivity index (χ2v) is 4.23. The molecule has 0 aromatic rings. The first-order valence-corrected chi connectivity index (χ1v) is 5.33. The summed E-state index contributed by atoms with van der Waals surface area (Å²) in [5, 5.41) is 16.9. The van der Waals surface area contributed by atoms with E-state index in [-0.39, 0.29) is 6.61 Å². The molecule has 0 saturated heterocycles. The average Bonchev–Trinajstić information content (AvgIpc) is 2.03. The van der Waals surface area contributed by atoms with Gasteiger partial charge in [-0.15, -0.1) is 6.58 Å². The Labute approximate surface area is 88.7 Å². The molecule has 2 heteroatoms.